The average molecular weight is 794 g/mol. The number of thiophene rings is 2. The summed E-state index contributed by atoms with van der Waals surface area (Å²) in [6, 6.07) is 13.3. The van der Waals surface area contributed by atoms with Crippen molar-refractivity contribution in [3.05, 3.63) is 91.4 Å². The zero-order chi connectivity index (χ0) is 39.1. The molecular formula is C37H41F2N8O6S2-. The number of alkyl halides is 1. The fourth-order valence-corrected chi connectivity index (χ4v) is 6.81. The van der Waals surface area contributed by atoms with Crippen LogP contribution in [-0.2, 0) is 0 Å². The minimum atomic E-state index is -0.592. The number of amides is 2. The Morgan fingerprint density at radius 1 is 0.727 bits per heavy atom. The van der Waals surface area contributed by atoms with E-state index in [1.54, 1.807) is 59.3 Å². The molecule has 0 spiro atoms. The van der Waals surface area contributed by atoms with Crippen LogP contribution >= 0.6 is 22.7 Å². The molecule has 2 aromatic carbocycles. The minimum absolute atomic E-state index is 0. The van der Waals surface area contributed by atoms with Crippen LogP contribution < -0.4 is 47.4 Å². The molecule has 4 heterocycles. The Hall–Kier alpha value is -5.88. The van der Waals surface area contributed by atoms with Gasteiger partial charge in [-0.2, -0.15) is 19.6 Å². The number of nitrogen functional groups attached to an aromatic ring is 2. The first kappa shape index (κ1) is 41.9. The van der Waals surface area contributed by atoms with Crippen LogP contribution in [0.1, 0.15) is 62.0 Å². The number of carbonyl (C=O) groups is 2. The molecule has 18 heteroatoms. The van der Waals surface area contributed by atoms with Crippen LogP contribution in [0.25, 0.3) is 32.9 Å². The fourth-order valence-electron chi connectivity index (χ4n) is 5.24. The van der Waals surface area contributed by atoms with Crippen LogP contribution in [0, 0.1) is 0 Å². The quantitative estimate of drug-likeness (QED) is 0.143. The molecule has 0 saturated heterocycles. The number of halogens is 2. The zero-order valence-corrected chi connectivity index (χ0v) is 32.4. The van der Waals surface area contributed by atoms with Crippen molar-refractivity contribution in [1.82, 2.24) is 30.2 Å². The van der Waals surface area contributed by atoms with E-state index in [9.17, 15) is 23.6 Å². The number of anilines is 2. The highest BCUT2D eigenvalue weighted by atomic mass is 32.1. The number of fused-ring (bicyclic) bond motifs is 2. The molecule has 0 aliphatic carbocycles. The van der Waals surface area contributed by atoms with E-state index in [2.05, 4.69) is 20.8 Å². The molecule has 0 atom stereocenters. The van der Waals surface area contributed by atoms with Crippen molar-refractivity contribution in [3.63, 3.8) is 0 Å². The summed E-state index contributed by atoms with van der Waals surface area (Å²) in [5, 5.41) is 19.7. The van der Waals surface area contributed by atoms with E-state index in [1.807, 2.05) is 34.6 Å². The monoisotopic (exact) mass is 793 g/mol. The van der Waals surface area contributed by atoms with E-state index in [4.69, 9.17) is 20.9 Å². The summed E-state index contributed by atoms with van der Waals surface area (Å²) in [4.78, 5) is 51.0. The number of ether oxygens (including phenoxy) is 2. The second kappa shape index (κ2) is 18.4. The number of aromatic nitrogens is 4. The smallest absolute Gasteiger partial charge is 0.282 e. The van der Waals surface area contributed by atoms with Gasteiger partial charge in [-0.15, -0.1) is 22.7 Å². The highest BCUT2D eigenvalue weighted by Gasteiger charge is 2.22. The Morgan fingerprint density at radius 3 is 1.45 bits per heavy atom. The summed E-state index contributed by atoms with van der Waals surface area (Å²) in [5.74, 6) is 0.454. The molecule has 55 heavy (non-hydrogen) atoms. The van der Waals surface area contributed by atoms with Gasteiger partial charge in [-0.3, -0.25) is 19.2 Å². The predicted molar refractivity (Wildman–Crippen MR) is 212 cm³/mol. The van der Waals surface area contributed by atoms with E-state index < -0.39 is 12.2 Å². The zero-order valence-electron chi connectivity index (χ0n) is 30.7. The van der Waals surface area contributed by atoms with Crippen LogP contribution in [0.5, 0.6) is 11.5 Å². The second-order valence-corrected chi connectivity index (χ2v) is 14.4. The van der Waals surface area contributed by atoms with Gasteiger partial charge in [-0.05, 0) is 82.6 Å². The molecule has 0 bridgehead atoms. The summed E-state index contributed by atoms with van der Waals surface area (Å²) in [6.45, 7) is 9.41. The van der Waals surface area contributed by atoms with Crippen LogP contribution in [0.4, 0.5) is 14.4 Å². The number of hydrogen-bond acceptors (Lipinski definition) is 12. The molecule has 6 aromatic rings. The first-order valence-electron chi connectivity index (χ1n) is 17.1. The Morgan fingerprint density at radius 2 is 1.11 bits per heavy atom. The van der Waals surface area contributed by atoms with E-state index in [0.29, 0.717) is 55.6 Å². The second-order valence-electron chi connectivity index (χ2n) is 12.5. The van der Waals surface area contributed by atoms with Crippen LogP contribution in [0.2, 0.25) is 0 Å². The normalized spacial score (nSPS) is 10.9. The summed E-state index contributed by atoms with van der Waals surface area (Å²) in [5.41, 5.74) is 12.5. The van der Waals surface area contributed by atoms with Gasteiger partial charge in [-0.1, -0.05) is 6.92 Å². The standard InChI is InChI=1S/C19H22N4O3S.C18H19FN4O3S.FH/c1-4-9-26-13-7-5-12(6-8-13)23-19(25)15-14(10-27-17(15)20)16(22-23)18(24)21-11(2)3;1-10(2)21-17(24)15-13-9-27-16(20)14(13)18(25)23(22-15)11-3-5-12(6-4-11)26-8-7-19;/h5-8,10-11H,4,9,20H2,1-3H3,(H,21,24);3-6,9-10H,7-8,20H2,1-2H3,(H,21,24);1H/p-1/i;19-1;1-1. The summed E-state index contributed by atoms with van der Waals surface area (Å²) >= 11 is 2.41. The highest BCUT2D eigenvalue weighted by molar-refractivity contribution is 7.16. The molecule has 4 aromatic heterocycles. The number of hydrogen-bond donors (Lipinski definition) is 4. The van der Waals surface area contributed by atoms with Crippen LogP contribution in [-0.4, -0.2) is 63.3 Å². The summed E-state index contributed by atoms with van der Waals surface area (Å²) in [7, 11) is 0. The molecule has 0 fully saturated rings. The number of carbonyl (C=O) groups excluding carboxylic acids is 2. The molecule has 0 radical (unpaired) electrons. The maximum atomic E-state index is 12.9. The lowest BCUT2D eigenvalue weighted by atomic mass is 10.2. The highest BCUT2D eigenvalue weighted by Crippen LogP contribution is 2.29. The van der Waals surface area contributed by atoms with Crippen molar-refractivity contribution in [3.8, 4) is 22.9 Å². The molecule has 2 amide bonds. The minimum Gasteiger partial charge on any atom is -1.00 e. The van der Waals surface area contributed by atoms with Gasteiger partial charge in [0.2, 0.25) is 0 Å². The molecule has 292 valence electrons. The maximum Gasteiger partial charge on any atom is 0.282 e. The Kier molecular flexibility index (Phi) is 14.0. The van der Waals surface area contributed by atoms with Gasteiger partial charge in [-0.25, -0.2) is 4.39 Å². The Labute approximate surface area is 322 Å². The van der Waals surface area contributed by atoms with Crippen LogP contribution in [0.15, 0.2) is 68.9 Å². The molecule has 0 aliphatic rings. The number of nitrogens with one attached hydrogen (secondary N) is 2. The van der Waals surface area contributed by atoms with Crippen LogP contribution in [0.3, 0.4) is 0 Å². The van der Waals surface area contributed by atoms with Gasteiger partial charge >= 0.3 is 0 Å². The number of benzene rings is 2. The van der Waals surface area contributed by atoms with Gasteiger partial charge in [0.25, 0.3) is 22.9 Å². The van der Waals surface area contributed by atoms with E-state index in [1.165, 1.54) is 27.4 Å². The van der Waals surface area contributed by atoms with Crippen molar-refractivity contribution in [2.24, 2.45) is 0 Å². The third-order valence-electron chi connectivity index (χ3n) is 7.61. The van der Waals surface area contributed by atoms with Crippen molar-refractivity contribution in [1.29, 1.82) is 0 Å². The fraction of sp³-hybridized carbons (Fsp3) is 0.297. The van der Waals surface area contributed by atoms with Crippen molar-refractivity contribution >= 4 is 66.0 Å². The molecule has 0 unspecified atom stereocenters. The summed E-state index contributed by atoms with van der Waals surface area (Å²) < 4.78 is 25.3. The summed E-state index contributed by atoms with van der Waals surface area (Å²) in [6.07, 6.45) is 0.908. The van der Waals surface area contributed by atoms with Gasteiger partial charge in [0.15, 0.2) is 11.4 Å². The Bertz CT molecular complexity index is 2220. The number of nitrogens with two attached hydrogens (primary N) is 2. The van der Waals surface area contributed by atoms with Gasteiger partial charge in [0.05, 0.1) is 38.8 Å². The first-order valence-corrected chi connectivity index (χ1v) is 18.8. The van der Waals surface area contributed by atoms with E-state index in [0.717, 1.165) is 11.1 Å². The first-order chi connectivity index (χ1) is 25.8. The van der Waals surface area contributed by atoms with E-state index >= 15 is 0 Å². The lowest BCUT2D eigenvalue weighted by Gasteiger charge is -2.12. The number of nitrogens with zero attached hydrogens (tertiary/aromatic N) is 4. The SMILES string of the molecule is CC(C)NC(=O)c1nn(-c2ccc(OCC[18F])cc2)c(=O)c2c(N)scc12.CCCOc1ccc(-n2nc(C(=O)NC(C)C)c3csc(N)c3c2=O)cc1.[18F-]. The number of rotatable bonds is 12. The molecule has 14 nitrogen and oxygen atoms in total. The molecule has 6 rings (SSSR count). The topological polar surface area (TPSA) is 198 Å². The van der Waals surface area contributed by atoms with Crippen molar-refractivity contribution in [2.75, 3.05) is 31.4 Å². The van der Waals surface area contributed by atoms with Gasteiger partial charge < -0.3 is 36.3 Å². The maximum absolute atomic E-state index is 12.9. The predicted octanol–water partition coefficient (Wildman–Crippen LogP) is 2.48. The van der Waals surface area contributed by atoms with Crippen molar-refractivity contribution in [2.45, 2.75) is 53.1 Å². The Balaban J connectivity index is 0.000000240. The lowest BCUT2D eigenvalue weighted by Crippen LogP contribution is -3.00. The van der Waals surface area contributed by atoms with E-state index in [-0.39, 0.29) is 57.5 Å². The molecule has 0 aliphatic heterocycles. The third kappa shape index (κ3) is 9.44. The molecule has 6 N–H and O–H groups in total. The molecular weight excluding hydrogens is 753 g/mol. The largest absolute Gasteiger partial charge is 1.00 e. The van der Waals surface area contributed by atoms with Gasteiger partial charge in [0.1, 0.15) is 24.8 Å². The van der Waals surface area contributed by atoms with Crippen molar-refractivity contribution < 1.29 is 28.2 Å². The third-order valence-corrected chi connectivity index (χ3v) is 9.24. The lowest BCUT2D eigenvalue weighted by molar-refractivity contribution is -0.0000300. The average Bonchev–Trinajstić information content (AvgIpc) is 3.73. The molecule has 0 saturated carbocycles. The van der Waals surface area contributed by atoms with Gasteiger partial charge in [0, 0.05) is 33.6 Å².